The van der Waals surface area contributed by atoms with E-state index in [4.69, 9.17) is 4.74 Å². The molecule has 3 rings (SSSR count). The van der Waals surface area contributed by atoms with Gasteiger partial charge in [0, 0.05) is 26.3 Å². The normalized spacial score (nSPS) is 20.4. The Bertz CT molecular complexity index is 484. The predicted octanol–water partition coefficient (Wildman–Crippen LogP) is 1.91. The minimum absolute atomic E-state index is 0.601. The van der Waals surface area contributed by atoms with E-state index < -0.39 is 0 Å². The summed E-state index contributed by atoms with van der Waals surface area (Å²) in [7, 11) is 1.86. The summed E-state index contributed by atoms with van der Waals surface area (Å²) in [4.78, 5) is 10.8. The van der Waals surface area contributed by atoms with Crippen LogP contribution in [-0.2, 0) is 0 Å². The minimum Gasteiger partial charge on any atom is -0.490 e. The van der Waals surface area contributed by atoms with Gasteiger partial charge < -0.3 is 15.0 Å². The van der Waals surface area contributed by atoms with Crippen molar-refractivity contribution < 1.29 is 4.74 Å². The topological polar surface area (TPSA) is 49.8 Å². The number of guanidine groups is 1. The van der Waals surface area contributed by atoms with Gasteiger partial charge in [-0.1, -0.05) is 6.42 Å². The molecule has 1 N–H and O–H groups in total. The second-order valence-corrected chi connectivity index (χ2v) is 6.04. The maximum Gasteiger partial charge on any atom is 0.193 e. The molecule has 5 nitrogen and oxygen atoms in total. The molecule has 2 aliphatic rings. The Balaban J connectivity index is 1.41. The molecule has 0 amide bonds. The zero-order chi connectivity index (χ0) is 14.5. The van der Waals surface area contributed by atoms with Gasteiger partial charge >= 0.3 is 0 Å². The Hall–Kier alpha value is -1.78. The molecule has 114 valence electrons. The standard InChI is InChI=1S/C16H24N4O/c1-17-15(20-10-7-16(13-20)5-3-6-16)19-9-11-21-14-4-2-8-18-12-14/h2,4,8,12H,3,5-7,9-11,13H2,1H3,(H,17,19). The molecule has 1 spiro atoms. The van der Waals surface area contributed by atoms with E-state index in [1.165, 1.54) is 25.7 Å². The largest absolute Gasteiger partial charge is 0.490 e. The van der Waals surface area contributed by atoms with E-state index in [1.54, 1.807) is 12.4 Å². The zero-order valence-corrected chi connectivity index (χ0v) is 12.7. The van der Waals surface area contributed by atoms with Crippen molar-refractivity contribution in [1.82, 2.24) is 15.2 Å². The molecular weight excluding hydrogens is 264 g/mol. The fourth-order valence-corrected chi connectivity index (χ4v) is 3.30. The summed E-state index contributed by atoms with van der Waals surface area (Å²) < 4.78 is 5.64. The van der Waals surface area contributed by atoms with Crippen LogP contribution < -0.4 is 10.1 Å². The number of pyridine rings is 1. The summed E-state index contributed by atoms with van der Waals surface area (Å²) in [6.07, 6.45) is 8.99. The van der Waals surface area contributed by atoms with Gasteiger partial charge in [-0.2, -0.15) is 0 Å². The Morgan fingerprint density at radius 2 is 2.38 bits per heavy atom. The van der Waals surface area contributed by atoms with Crippen LogP contribution in [0.5, 0.6) is 5.75 Å². The van der Waals surface area contributed by atoms with Crippen LogP contribution in [0, 0.1) is 5.41 Å². The highest BCUT2D eigenvalue weighted by atomic mass is 16.5. The van der Waals surface area contributed by atoms with Crippen molar-refractivity contribution in [3.63, 3.8) is 0 Å². The van der Waals surface area contributed by atoms with Crippen molar-refractivity contribution in [3.8, 4) is 5.75 Å². The van der Waals surface area contributed by atoms with Crippen LogP contribution in [0.25, 0.3) is 0 Å². The number of ether oxygens (including phenoxy) is 1. The molecule has 2 fully saturated rings. The first kappa shape index (κ1) is 14.2. The number of likely N-dealkylation sites (tertiary alicyclic amines) is 1. The number of nitrogens with one attached hydrogen (secondary N) is 1. The van der Waals surface area contributed by atoms with Gasteiger partial charge in [-0.25, -0.2) is 0 Å². The average Bonchev–Trinajstić information content (AvgIpc) is 2.94. The summed E-state index contributed by atoms with van der Waals surface area (Å²) in [6, 6.07) is 3.80. The molecular formula is C16H24N4O. The van der Waals surface area contributed by atoms with Crippen molar-refractivity contribution in [2.45, 2.75) is 25.7 Å². The third-order valence-electron chi connectivity index (χ3n) is 4.65. The van der Waals surface area contributed by atoms with Gasteiger partial charge in [0.1, 0.15) is 12.4 Å². The molecule has 0 radical (unpaired) electrons. The van der Waals surface area contributed by atoms with Gasteiger partial charge in [0.2, 0.25) is 0 Å². The lowest BCUT2D eigenvalue weighted by Crippen LogP contribution is -2.43. The SMILES string of the molecule is CN=C(NCCOc1cccnc1)N1CCC2(CCC2)C1. The molecule has 1 aliphatic heterocycles. The quantitative estimate of drug-likeness (QED) is 0.522. The third kappa shape index (κ3) is 3.28. The number of nitrogens with zero attached hydrogens (tertiary/aromatic N) is 3. The monoisotopic (exact) mass is 288 g/mol. The highest BCUT2D eigenvalue weighted by molar-refractivity contribution is 5.80. The van der Waals surface area contributed by atoms with Crippen molar-refractivity contribution in [2.75, 3.05) is 33.3 Å². The number of rotatable bonds is 4. The van der Waals surface area contributed by atoms with Gasteiger partial charge in [0.15, 0.2) is 5.96 Å². The van der Waals surface area contributed by atoms with Crippen LogP contribution in [0.4, 0.5) is 0 Å². The summed E-state index contributed by atoms with van der Waals surface area (Å²) in [6.45, 7) is 3.66. The molecule has 1 saturated heterocycles. The summed E-state index contributed by atoms with van der Waals surface area (Å²) in [5.41, 5.74) is 0.601. The van der Waals surface area contributed by atoms with Crippen molar-refractivity contribution in [2.24, 2.45) is 10.4 Å². The van der Waals surface area contributed by atoms with E-state index in [1.807, 2.05) is 19.2 Å². The van der Waals surface area contributed by atoms with Crippen LogP contribution in [-0.4, -0.2) is 49.1 Å². The van der Waals surface area contributed by atoms with Gasteiger partial charge in [-0.05, 0) is 36.8 Å². The summed E-state index contributed by atoms with van der Waals surface area (Å²) in [5.74, 6) is 1.82. The van der Waals surface area contributed by atoms with Gasteiger partial charge in [0.05, 0.1) is 12.7 Å². The van der Waals surface area contributed by atoms with E-state index in [9.17, 15) is 0 Å². The first-order valence-corrected chi connectivity index (χ1v) is 7.80. The highest BCUT2D eigenvalue weighted by Crippen LogP contribution is 2.47. The van der Waals surface area contributed by atoms with Gasteiger partial charge in [0.25, 0.3) is 0 Å². The molecule has 2 heterocycles. The van der Waals surface area contributed by atoms with Crippen molar-refractivity contribution in [3.05, 3.63) is 24.5 Å². The van der Waals surface area contributed by atoms with Gasteiger partial charge in [-0.3, -0.25) is 9.98 Å². The summed E-state index contributed by atoms with van der Waals surface area (Å²) >= 11 is 0. The second kappa shape index (κ2) is 6.33. The van der Waals surface area contributed by atoms with E-state index in [0.717, 1.165) is 31.3 Å². The first-order valence-electron chi connectivity index (χ1n) is 7.80. The Labute approximate surface area is 126 Å². The number of hydrogen-bond donors (Lipinski definition) is 1. The molecule has 21 heavy (non-hydrogen) atoms. The van der Waals surface area contributed by atoms with Crippen molar-refractivity contribution >= 4 is 5.96 Å². The third-order valence-corrected chi connectivity index (χ3v) is 4.65. The van der Waals surface area contributed by atoms with Crippen LogP contribution in [0.2, 0.25) is 0 Å². The Morgan fingerprint density at radius 1 is 1.48 bits per heavy atom. The van der Waals surface area contributed by atoms with E-state index in [0.29, 0.717) is 12.0 Å². The Kier molecular flexibility index (Phi) is 4.27. The first-order chi connectivity index (χ1) is 10.3. The molecule has 1 aromatic rings. The molecule has 0 aromatic carbocycles. The van der Waals surface area contributed by atoms with E-state index >= 15 is 0 Å². The van der Waals surface area contributed by atoms with Crippen LogP contribution >= 0.6 is 0 Å². The maximum absolute atomic E-state index is 5.64. The predicted molar refractivity (Wildman–Crippen MR) is 83.6 cm³/mol. The fourth-order valence-electron chi connectivity index (χ4n) is 3.30. The lowest BCUT2D eigenvalue weighted by atomic mass is 9.68. The van der Waals surface area contributed by atoms with E-state index in [2.05, 4.69) is 20.2 Å². The number of aliphatic imine (C=N–C) groups is 1. The van der Waals surface area contributed by atoms with Crippen LogP contribution in [0.1, 0.15) is 25.7 Å². The number of hydrogen-bond acceptors (Lipinski definition) is 3. The fraction of sp³-hybridized carbons (Fsp3) is 0.625. The van der Waals surface area contributed by atoms with E-state index in [-0.39, 0.29) is 0 Å². The number of aromatic nitrogens is 1. The lowest BCUT2D eigenvalue weighted by Gasteiger charge is -2.38. The molecule has 1 saturated carbocycles. The summed E-state index contributed by atoms with van der Waals surface area (Å²) in [5, 5.41) is 3.40. The minimum atomic E-state index is 0.601. The molecule has 5 heteroatoms. The molecule has 0 bridgehead atoms. The van der Waals surface area contributed by atoms with Crippen LogP contribution in [0.3, 0.4) is 0 Å². The highest BCUT2D eigenvalue weighted by Gasteiger charge is 2.43. The van der Waals surface area contributed by atoms with Crippen molar-refractivity contribution in [1.29, 1.82) is 0 Å². The second-order valence-electron chi connectivity index (χ2n) is 6.04. The molecule has 0 unspecified atom stereocenters. The average molecular weight is 288 g/mol. The smallest absolute Gasteiger partial charge is 0.193 e. The van der Waals surface area contributed by atoms with Gasteiger partial charge in [-0.15, -0.1) is 0 Å². The molecule has 1 aliphatic carbocycles. The molecule has 0 atom stereocenters. The zero-order valence-electron chi connectivity index (χ0n) is 12.7. The lowest BCUT2D eigenvalue weighted by molar-refractivity contribution is 0.151. The molecule has 1 aromatic heterocycles. The van der Waals surface area contributed by atoms with Crippen LogP contribution in [0.15, 0.2) is 29.5 Å². The Morgan fingerprint density at radius 3 is 3.00 bits per heavy atom. The maximum atomic E-state index is 5.64.